The summed E-state index contributed by atoms with van der Waals surface area (Å²) >= 11 is 0. The van der Waals surface area contributed by atoms with Crippen LogP contribution in [0.15, 0.2) is 23.5 Å². The van der Waals surface area contributed by atoms with Crippen molar-refractivity contribution in [1.29, 1.82) is 0 Å². The van der Waals surface area contributed by atoms with E-state index in [4.69, 9.17) is 10.9 Å². The van der Waals surface area contributed by atoms with Crippen LogP contribution in [0.5, 0.6) is 0 Å². The minimum Gasteiger partial charge on any atom is -0.409 e. The highest BCUT2D eigenvalue weighted by molar-refractivity contribution is 6.08. The molecule has 4 nitrogen and oxygen atoms in total. The van der Waals surface area contributed by atoms with Gasteiger partial charge in [-0.2, -0.15) is 0 Å². The Bertz CT molecular complexity index is 618. The minimum atomic E-state index is 0.0451. The Morgan fingerprint density at radius 3 is 2.65 bits per heavy atom. The van der Waals surface area contributed by atoms with Crippen molar-refractivity contribution >= 4 is 16.6 Å². The number of nitrogens with two attached hydrogens (primary N) is 1. The molecular formula is C13H15N3O. The fraction of sp³-hybridized carbons (Fsp3) is 0.231. The summed E-state index contributed by atoms with van der Waals surface area (Å²) in [5.74, 6) is 0.0451. The number of amidine groups is 1. The predicted molar refractivity (Wildman–Crippen MR) is 68.5 cm³/mol. The summed E-state index contributed by atoms with van der Waals surface area (Å²) in [5.41, 5.74) is 9.65. The molecule has 0 spiro atoms. The number of pyridine rings is 1. The maximum Gasteiger partial charge on any atom is 0.189 e. The Morgan fingerprint density at radius 1 is 1.29 bits per heavy atom. The number of oxime groups is 1. The van der Waals surface area contributed by atoms with E-state index in [1.807, 2.05) is 26.8 Å². The van der Waals surface area contributed by atoms with Gasteiger partial charge in [0.2, 0.25) is 0 Å². The molecule has 0 radical (unpaired) electrons. The Kier molecular flexibility index (Phi) is 2.71. The molecule has 0 bridgehead atoms. The molecule has 2 rings (SSSR count). The highest BCUT2D eigenvalue weighted by Crippen LogP contribution is 2.26. The molecule has 0 unspecified atom stereocenters. The first-order chi connectivity index (χ1) is 8.06. The van der Waals surface area contributed by atoms with Gasteiger partial charge in [0.1, 0.15) is 5.69 Å². The Hall–Kier alpha value is -2.10. The predicted octanol–water partition coefficient (Wildman–Crippen LogP) is 2.25. The van der Waals surface area contributed by atoms with Gasteiger partial charge in [0, 0.05) is 11.6 Å². The molecule has 1 aromatic heterocycles. The normalized spacial score (nSPS) is 12.1. The van der Waals surface area contributed by atoms with Gasteiger partial charge < -0.3 is 10.9 Å². The molecule has 4 heteroatoms. The maximum absolute atomic E-state index is 8.80. The van der Waals surface area contributed by atoms with E-state index < -0.39 is 0 Å². The first-order valence-electron chi connectivity index (χ1n) is 5.39. The van der Waals surface area contributed by atoms with E-state index in [0.29, 0.717) is 5.69 Å². The molecule has 0 amide bonds. The van der Waals surface area contributed by atoms with Crippen molar-refractivity contribution in [3.63, 3.8) is 0 Å². The molecule has 17 heavy (non-hydrogen) atoms. The van der Waals surface area contributed by atoms with Gasteiger partial charge in [-0.1, -0.05) is 11.2 Å². The summed E-state index contributed by atoms with van der Waals surface area (Å²) in [7, 11) is 0. The van der Waals surface area contributed by atoms with Crippen molar-refractivity contribution < 1.29 is 5.21 Å². The molecule has 0 aliphatic rings. The van der Waals surface area contributed by atoms with E-state index in [9.17, 15) is 0 Å². The van der Waals surface area contributed by atoms with E-state index in [1.165, 1.54) is 5.56 Å². The maximum atomic E-state index is 8.80. The van der Waals surface area contributed by atoms with Crippen molar-refractivity contribution in [3.05, 3.63) is 40.7 Å². The van der Waals surface area contributed by atoms with Gasteiger partial charge in [-0.25, -0.2) is 0 Å². The van der Waals surface area contributed by atoms with Gasteiger partial charge in [0.25, 0.3) is 0 Å². The van der Waals surface area contributed by atoms with Crippen molar-refractivity contribution in [2.45, 2.75) is 20.8 Å². The van der Waals surface area contributed by atoms with E-state index in [1.54, 1.807) is 6.20 Å². The van der Waals surface area contributed by atoms with Crippen LogP contribution < -0.4 is 5.73 Å². The van der Waals surface area contributed by atoms with Gasteiger partial charge in [0.05, 0.1) is 0 Å². The lowest BCUT2D eigenvalue weighted by Gasteiger charge is -2.12. The SMILES string of the molecule is Cc1cc(C)c2ccnc(C(N)=NO)c2c1C. The highest BCUT2D eigenvalue weighted by atomic mass is 16.4. The van der Waals surface area contributed by atoms with Gasteiger partial charge in [-0.15, -0.1) is 0 Å². The second-order valence-electron chi connectivity index (χ2n) is 4.20. The van der Waals surface area contributed by atoms with Crippen LogP contribution in [0.3, 0.4) is 0 Å². The monoisotopic (exact) mass is 229 g/mol. The second kappa shape index (κ2) is 4.05. The largest absolute Gasteiger partial charge is 0.409 e. The molecule has 2 aromatic rings. The average molecular weight is 229 g/mol. The quantitative estimate of drug-likeness (QED) is 0.341. The molecule has 0 fully saturated rings. The Labute approximate surface area is 99.8 Å². The number of nitrogens with zero attached hydrogens (tertiary/aromatic N) is 2. The van der Waals surface area contributed by atoms with Crippen LogP contribution in [0.1, 0.15) is 22.4 Å². The number of fused-ring (bicyclic) bond motifs is 1. The number of hydrogen-bond donors (Lipinski definition) is 2. The summed E-state index contributed by atoms with van der Waals surface area (Å²) in [6.45, 7) is 6.11. The Morgan fingerprint density at radius 2 is 2.00 bits per heavy atom. The van der Waals surface area contributed by atoms with Crippen LogP contribution in [0.2, 0.25) is 0 Å². The smallest absolute Gasteiger partial charge is 0.189 e. The lowest BCUT2D eigenvalue weighted by atomic mass is 9.96. The van der Waals surface area contributed by atoms with E-state index >= 15 is 0 Å². The van der Waals surface area contributed by atoms with Gasteiger partial charge in [0.15, 0.2) is 5.84 Å². The van der Waals surface area contributed by atoms with Crippen molar-refractivity contribution in [2.75, 3.05) is 0 Å². The average Bonchev–Trinajstić information content (AvgIpc) is 2.34. The summed E-state index contributed by atoms with van der Waals surface area (Å²) in [4.78, 5) is 4.20. The molecule has 0 saturated heterocycles. The summed E-state index contributed by atoms with van der Waals surface area (Å²) in [6.07, 6.45) is 1.68. The number of hydrogen-bond acceptors (Lipinski definition) is 3. The van der Waals surface area contributed by atoms with Crippen LogP contribution in [0.25, 0.3) is 10.8 Å². The van der Waals surface area contributed by atoms with Crippen LogP contribution in [0.4, 0.5) is 0 Å². The van der Waals surface area contributed by atoms with Crippen molar-refractivity contribution in [2.24, 2.45) is 10.9 Å². The van der Waals surface area contributed by atoms with Crippen molar-refractivity contribution in [1.82, 2.24) is 4.98 Å². The minimum absolute atomic E-state index is 0.0451. The molecule has 88 valence electrons. The van der Waals surface area contributed by atoms with Gasteiger partial charge >= 0.3 is 0 Å². The fourth-order valence-corrected chi connectivity index (χ4v) is 2.12. The van der Waals surface area contributed by atoms with Crippen LogP contribution >= 0.6 is 0 Å². The third kappa shape index (κ3) is 1.71. The molecule has 1 heterocycles. The molecule has 1 aromatic carbocycles. The zero-order chi connectivity index (χ0) is 12.6. The first kappa shape index (κ1) is 11.4. The lowest BCUT2D eigenvalue weighted by Crippen LogP contribution is -2.16. The molecule has 0 aliphatic heterocycles. The fourth-order valence-electron chi connectivity index (χ4n) is 2.12. The number of aromatic nitrogens is 1. The number of aryl methyl sites for hydroxylation is 3. The summed E-state index contributed by atoms with van der Waals surface area (Å²) < 4.78 is 0. The Balaban J connectivity index is 2.97. The highest BCUT2D eigenvalue weighted by Gasteiger charge is 2.12. The molecule has 3 N–H and O–H groups in total. The second-order valence-corrected chi connectivity index (χ2v) is 4.20. The first-order valence-corrected chi connectivity index (χ1v) is 5.39. The summed E-state index contributed by atoms with van der Waals surface area (Å²) in [5, 5.41) is 13.9. The topological polar surface area (TPSA) is 71.5 Å². The standard InChI is InChI=1S/C13H15N3O/c1-7-6-8(2)10-4-5-15-12(13(14)16-17)11(10)9(7)3/h4-6,17H,1-3H3,(H2,14,16). The van der Waals surface area contributed by atoms with E-state index in [0.717, 1.165) is 21.9 Å². The number of rotatable bonds is 1. The molecular weight excluding hydrogens is 214 g/mol. The van der Waals surface area contributed by atoms with E-state index in [2.05, 4.69) is 16.2 Å². The van der Waals surface area contributed by atoms with Crippen LogP contribution in [-0.2, 0) is 0 Å². The molecule has 0 saturated carbocycles. The van der Waals surface area contributed by atoms with Crippen LogP contribution in [0, 0.1) is 20.8 Å². The molecule has 0 aliphatic carbocycles. The van der Waals surface area contributed by atoms with Crippen molar-refractivity contribution in [3.8, 4) is 0 Å². The zero-order valence-corrected chi connectivity index (χ0v) is 10.2. The zero-order valence-electron chi connectivity index (χ0n) is 10.2. The third-order valence-corrected chi connectivity index (χ3v) is 3.13. The van der Waals surface area contributed by atoms with E-state index in [-0.39, 0.29) is 5.84 Å². The summed E-state index contributed by atoms with van der Waals surface area (Å²) in [6, 6.07) is 4.08. The van der Waals surface area contributed by atoms with Crippen LogP contribution in [-0.4, -0.2) is 16.0 Å². The lowest BCUT2D eigenvalue weighted by molar-refractivity contribution is 0.318. The molecule has 0 atom stereocenters. The third-order valence-electron chi connectivity index (χ3n) is 3.13. The van der Waals surface area contributed by atoms with Gasteiger partial charge in [-0.3, -0.25) is 4.98 Å². The van der Waals surface area contributed by atoms with Gasteiger partial charge in [-0.05, 0) is 48.9 Å². The number of benzene rings is 1.